The molecule has 0 spiro atoms. The van der Waals surface area contributed by atoms with Crippen molar-refractivity contribution >= 4 is 22.9 Å². The van der Waals surface area contributed by atoms with Crippen LogP contribution in [-0.4, -0.2) is 32.5 Å². The molecule has 2 fully saturated rings. The van der Waals surface area contributed by atoms with E-state index >= 15 is 0 Å². The van der Waals surface area contributed by atoms with E-state index in [1.54, 1.807) is 6.33 Å². The Bertz CT molecular complexity index is 636. The number of aromatic nitrogens is 4. The molecule has 3 atom stereocenters. The number of fused-ring (bicyclic) bond motifs is 3. The number of nitrogens with one attached hydrogen (secondary N) is 3. The first-order chi connectivity index (χ1) is 10.3. The molecule has 0 aliphatic heterocycles. The molecular weight excluding hydrogens is 264 g/mol. The van der Waals surface area contributed by atoms with Crippen molar-refractivity contribution in [2.45, 2.75) is 45.1 Å². The topological polar surface area (TPSA) is 78.5 Å². The predicted octanol–water partition coefficient (Wildman–Crippen LogP) is 2.78. The van der Waals surface area contributed by atoms with Crippen LogP contribution in [0.25, 0.3) is 11.2 Å². The lowest BCUT2D eigenvalue weighted by Gasteiger charge is -2.23. The number of hydrogen-bond acceptors (Lipinski definition) is 5. The third-order valence-electron chi connectivity index (χ3n) is 4.88. The Hall–Kier alpha value is -1.85. The summed E-state index contributed by atoms with van der Waals surface area (Å²) in [7, 11) is 0. The summed E-state index contributed by atoms with van der Waals surface area (Å²) in [6.45, 7) is 3.01. The van der Waals surface area contributed by atoms with Crippen LogP contribution in [0.15, 0.2) is 6.33 Å². The molecule has 0 saturated heterocycles. The van der Waals surface area contributed by atoms with Gasteiger partial charge in [0.15, 0.2) is 11.5 Å². The molecule has 6 nitrogen and oxygen atoms in total. The normalized spacial score (nSPS) is 27.4. The zero-order valence-corrected chi connectivity index (χ0v) is 12.4. The van der Waals surface area contributed by atoms with Crippen LogP contribution in [0.1, 0.15) is 39.0 Å². The van der Waals surface area contributed by atoms with Crippen LogP contribution >= 0.6 is 0 Å². The van der Waals surface area contributed by atoms with Gasteiger partial charge in [0.2, 0.25) is 5.95 Å². The summed E-state index contributed by atoms with van der Waals surface area (Å²) in [4.78, 5) is 16.6. The summed E-state index contributed by atoms with van der Waals surface area (Å²) < 4.78 is 0. The fraction of sp³-hybridized carbons (Fsp3) is 0.667. The lowest BCUT2D eigenvalue weighted by Crippen LogP contribution is -2.26. The minimum atomic E-state index is 0.559. The van der Waals surface area contributed by atoms with Gasteiger partial charge < -0.3 is 15.6 Å². The highest BCUT2D eigenvalue weighted by Gasteiger charge is 2.39. The lowest BCUT2D eigenvalue weighted by atomic mass is 9.95. The fourth-order valence-electron chi connectivity index (χ4n) is 3.85. The van der Waals surface area contributed by atoms with Gasteiger partial charge in [-0.3, -0.25) is 0 Å². The van der Waals surface area contributed by atoms with Gasteiger partial charge in [0.25, 0.3) is 0 Å². The van der Waals surface area contributed by atoms with Crippen molar-refractivity contribution in [2.75, 3.05) is 17.2 Å². The van der Waals surface area contributed by atoms with E-state index in [9.17, 15) is 0 Å². The van der Waals surface area contributed by atoms with Crippen LogP contribution in [0.3, 0.4) is 0 Å². The molecule has 0 aromatic carbocycles. The summed E-state index contributed by atoms with van der Waals surface area (Å²) >= 11 is 0. The Morgan fingerprint density at radius 3 is 3.00 bits per heavy atom. The Balaban J connectivity index is 1.61. The second-order valence-corrected chi connectivity index (χ2v) is 6.35. The largest absolute Gasteiger partial charge is 0.365 e. The van der Waals surface area contributed by atoms with Gasteiger partial charge in [-0.2, -0.15) is 9.97 Å². The SMILES string of the molecule is CCCNc1nc(NC2CC3CCC2C3)c2[nH]cnc2n1. The summed E-state index contributed by atoms with van der Waals surface area (Å²) in [6, 6.07) is 0.559. The maximum Gasteiger partial charge on any atom is 0.226 e. The van der Waals surface area contributed by atoms with E-state index in [2.05, 4.69) is 37.5 Å². The maximum atomic E-state index is 4.65. The fourth-order valence-corrected chi connectivity index (χ4v) is 3.85. The van der Waals surface area contributed by atoms with Crippen molar-refractivity contribution < 1.29 is 0 Å². The molecule has 0 amide bonds. The van der Waals surface area contributed by atoms with E-state index in [1.807, 2.05) is 0 Å². The van der Waals surface area contributed by atoms with Crippen LogP contribution < -0.4 is 10.6 Å². The van der Waals surface area contributed by atoms with Gasteiger partial charge in [-0.05, 0) is 37.5 Å². The molecule has 6 heteroatoms. The second kappa shape index (κ2) is 5.16. The van der Waals surface area contributed by atoms with Crippen molar-refractivity contribution in [1.82, 2.24) is 19.9 Å². The quantitative estimate of drug-likeness (QED) is 0.787. The standard InChI is InChI=1S/C15H22N6/c1-2-5-16-15-20-13-12(17-8-18-13)14(21-15)19-11-7-9-3-4-10(11)6-9/h8-11H,2-7H2,1H3,(H3,16,17,18,19,20,21). The van der Waals surface area contributed by atoms with Crippen molar-refractivity contribution in [3.05, 3.63) is 6.33 Å². The third kappa shape index (κ3) is 2.32. The molecule has 2 aliphatic carbocycles. The molecule has 2 aromatic rings. The van der Waals surface area contributed by atoms with E-state index in [1.165, 1.54) is 25.7 Å². The molecule has 3 unspecified atom stereocenters. The zero-order valence-electron chi connectivity index (χ0n) is 12.4. The molecule has 0 radical (unpaired) electrons. The number of nitrogens with zero attached hydrogens (tertiary/aromatic N) is 3. The smallest absolute Gasteiger partial charge is 0.226 e. The molecule has 2 aromatic heterocycles. The number of aromatic amines is 1. The van der Waals surface area contributed by atoms with Crippen molar-refractivity contribution in [3.63, 3.8) is 0 Å². The number of imidazole rings is 1. The molecule has 2 bridgehead atoms. The zero-order chi connectivity index (χ0) is 14.2. The van der Waals surface area contributed by atoms with Crippen LogP contribution in [-0.2, 0) is 0 Å². The van der Waals surface area contributed by atoms with Crippen LogP contribution in [0.5, 0.6) is 0 Å². The third-order valence-corrected chi connectivity index (χ3v) is 4.88. The van der Waals surface area contributed by atoms with Gasteiger partial charge >= 0.3 is 0 Å². The Morgan fingerprint density at radius 2 is 2.24 bits per heavy atom. The first-order valence-electron chi connectivity index (χ1n) is 8.05. The summed E-state index contributed by atoms with van der Waals surface area (Å²) in [6.07, 6.45) is 8.18. The maximum absolute atomic E-state index is 4.65. The van der Waals surface area contributed by atoms with Gasteiger partial charge in [0.1, 0.15) is 5.52 Å². The van der Waals surface area contributed by atoms with E-state index in [-0.39, 0.29) is 0 Å². The average Bonchev–Trinajstić information content (AvgIpc) is 3.20. The van der Waals surface area contributed by atoms with E-state index in [0.717, 1.165) is 41.8 Å². The Morgan fingerprint density at radius 1 is 1.29 bits per heavy atom. The monoisotopic (exact) mass is 286 g/mol. The van der Waals surface area contributed by atoms with Crippen LogP contribution in [0, 0.1) is 11.8 Å². The molecular formula is C15H22N6. The molecule has 2 saturated carbocycles. The highest BCUT2D eigenvalue weighted by Crippen LogP contribution is 2.45. The van der Waals surface area contributed by atoms with Gasteiger partial charge in [0.05, 0.1) is 6.33 Å². The van der Waals surface area contributed by atoms with Crippen LogP contribution in [0.2, 0.25) is 0 Å². The van der Waals surface area contributed by atoms with Crippen molar-refractivity contribution in [1.29, 1.82) is 0 Å². The molecule has 2 aliphatic rings. The molecule has 2 heterocycles. The number of H-pyrrole nitrogens is 1. The number of hydrogen-bond donors (Lipinski definition) is 3. The lowest BCUT2D eigenvalue weighted by molar-refractivity contribution is 0.439. The number of rotatable bonds is 5. The van der Waals surface area contributed by atoms with Crippen LogP contribution in [0.4, 0.5) is 11.8 Å². The van der Waals surface area contributed by atoms with Gasteiger partial charge in [-0.1, -0.05) is 13.3 Å². The average molecular weight is 286 g/mol. The van der Waals surface area contributed by atoms with Crippen molar-refractivity contribution in [3.8, 4) is 0 Å². The molecule has 4 rings (SSSR count). The van der Waals surface area contributed by atoms with E-state index < -0.39 is 0 Å². The highest BCUT2D eigenvalue weighted by molar-refractivity contribution is 5.83. The van der Waals surface area contributed by atoms with Gasteiger partial charge in [0, 0.05) is 12.6 Å². The molecule has 112 valence electrons. The van der Waals surface area contributed by atoms with Gasteiger partial charge in [-0.25, -0.2) is 4.98 Å². The predicted molar refractivity (Wildman–Crippen MR) is 83.3 cm³/mol. The van der Waals surface area contributed by atoms with Crippen molar-refractivity contribution in [2.24, 2.45) is 11.8 Å². The first kappa shape index (κ1) is 12.9. The minimum Gasteiger partial charge on any atom is -0.365 e. The summed E-state index contributed by atoms with van der Waals surface area (Å²) in [5.74, 6) is 3.30. The summed E-state index contributed by atoms with van der Waals surface area (Å²) in [5, 5.41) is 6.92. The number of anilines is 2. The highest BCUT2D eigenvalue weighted by atomic mass is 15.2. The molecule has 21 heavy (non-hydrogen) atoms. The Labute approximate surface area is 124 Å². The summed E-state index contributed by atoms with van der Waals surface area (Å²) in [5.41, 5.74) is 1.65. The second-order valence-electron chi connectivity index (χ2n) is 6.35. The van der Waals surface area contributed by atoms with Gasteiger partial charge in [-0.15, -0.1) is 0 Å². The van der Waals surface area contributed by atoms with E-state index in [0.29, 0.717) is 12.0 Å². The van der Waals surface area contributed by atoms with E-state index in [4.69, 9.17) is 0 Å². The minimum absolute atomic E-state index is 0.559. The molecule has 3 N–H and O–H groups in total. The first-order valence-corrected chi connectivity index (χ1v) is 8.05. The Kier molecular flexibility index (Phi) is 3.16.